The zero-order valence-electron chi connectivity index (χ0n) is 18.2. The minimum Gasteiger partial charge on any atom is -0.490 e. The maximum atomic E-state index is 12.9. The highest BCUT2D eigenvalue weighted by atomic mass is 79.9. The van der Waals surface area contributed by atoms with Crippen LogP contribution in [-0.2, 0) is 16.2 Å². The van der Waals surface area contributed by atoms with E-state index in [9.17, 15) is 9.59 Å². The van der Waals surface area contributed by atoms with Crippen molar-refractivity contribution in [3.63, 3.8) is 0 Å². The highest BCUT2D eigenvalue weighted by molar-refractivity contribution is 9.10. The zero-order chi connectivity index (χ0) is 24.0. The van der Waals surface area contributed by atoms with Crippen molar-refractivity contribution in [2.45, 2.75) is 20.0 Å². The Morgan fingerprint density at radius 3 is 2.44 bits per heavy atom. The number of benzene rings is 2. The molecule has 0 radical (unpaired) electrons. The second-order valence-electron chi connectivity index (χ2n) is 8.47. The number of carbonyl (C=O) groups is 2. The van der Waals surface area contributed by atoms with E-state index >= 15 is 0 Å². The van der Waals surface area contributed by atoms with Crippen LogP contribution in [-0.4, -0.2) is 29.6 Å². The summed E-state index contributed by atoms with van der Waals surface area (Å²) >= 11 is 16.3. The minimum atomic E-state index is -0.300. The van der Waals surface area contributed by atoms with E-state index in [0.717, 1.165) is 17.0 Å². The van der Waals surface area contributed by atoms with Crippen molar-refractivity contribution in [3.05, 3.63) is 68.1 Å². The Morgan fingerprint density at radius 2 is 1.79 bits per heavy atom. The fraction of sp³-hybridized carbons (Fsp3) is 0.320. The van der Waals surface area contributed by atoms with Crippen molar-refractivity contribution in [3.8, 4) is 11.5 Å². The first-order chi connectivity index (χ1) is 16.4. The number of imide groups is 1. The summed E-state index contributed by atoms with van der Waals surface area (Å²) in [6, 6.07) is 9.09. The molecule has 2 fully saturated rings. The van der Waals surface area contributed by atoms with E-state index in [1.807, 2.05) is 25.1 Å². The van der Waals surface area contributed by atoms with Crippen molar-refractivity contribution in [2.24, 2.45) is 28.8 Å². The maximum Gasteiger partial charge on any atom is 0.254 e. The molecule has 0 N–H and O–H groups in total. The lowest BCUT2D eigenvalue weighted by Crippen LogP contribution is -2.28. The number of allylic oxidation sites excluding steroid dienone is 2. The standard InChI is InChI=1S/C25H21BrCl2N2O4/c1-2-33-18-10-16(21(26)22(28)23(18)34-12-15-5-3-4-6-17(15)27)11-29-30-24(31)19-13-7-8-14(9-13)20(19)25(30)32/h3-8,10-11,13-14,19-20H,2,9,12H2,1H3/t13-,14-,19-,20+/m0/s1. The van der Waals surface area contributed by atoms with E-state index in [4.69, 9.17) is 32.7 Å². The maximum absolute atomic E-state index is 12.9. The molecule has 2 aliphatic carbocycles. The van der Waals surface area contributed by atoms with Crippen molar-refractivity contribution in [1.82, 2.24) is 5.01 Å². The molecule has 176 valence electrons. The third-order valence-electron chi connectivity index (χ3n) is 6.54. The molecule has 3 aliphatic rings. The van der Waals surface area contributed by atoms with Gasteiger partial charge >= 0.3 is 0 Å². The SMILES string of the molecule is CCOc1cc(C=NN2C(=O)[C@@H]3[C@H](C2=O)[C@H]2C=C[C@H]3C2)c(Br)c(Cl)c1OCc1ccccc1Cl. The Balaban J connectivity index is 1.40. The number of hydrazone groups is 1. The smallest absolute Gasteiger partial charge is 0.254 e. The lowest BCUT2D eigenvalue weighted by molar-refractivity contribution is -0.140. The molecular formula is C25H21BrCl2N2O4. The van der Waals surface area contributed by atoms with Gasteiger partial charge in [-0.05, 0) is 53.2 Å². The molecule has 0 spiro atoms. The first kappa shape index (κ1) is 23.4. The number of carbonyl (C=O) groups excluding carboxylic acids is 2. The lowest BCUT2D eigenvalue weighted by atomic mass is 9.85. The normalized spacial score (nSPS) is 25.0. The molecule has 9 heteroatoms. The third kappa shape index (κ3) is 3.93. The summed E-state index contributed by atoms with van der Waals surface area (Å²) in [5.41, 5.74) is 1.36. The van der Waals surface area contributed by atoms with Gasteiger partial charge in [0.2, 0.25) is 0 Å². The van der Waals surface area contributed by atoms with E-state index in [0.29, 0.717) is 33.2 Å². The van der Waals surface area contributed by atoms with E-state index in [-0.39, 0.29) is 47.1 Å². The molecule has 1 saturated heterocycles. The second kappa shape index (κ2) is 9.36. The Bertz CT molecular complexity index is 1200. The highest BCUT2D eigenvalue weighted by Crippen LogP contribution is 2.52. The van der Waals surface area contributed by atoms with Crippen LogP contribution in [0.15, 0.2) is 52.1 Å². The molecule has 2 aromatic rings. The number of nitrogens with zero attached hydrogens (tertiary/aromatic N) is 2. The van der Waals surface area contributed by atoms with Gasteiger partial charge in [-0.1, -0.05) is 53.6 Å². The molecule has 1 heterocycles. The molecular weight excluding hydrogens is 543 g/mol. The predicted octanol–water partition coefficient (Wildman–Crippen LogP) is 5.87. The third-order valence-corrected chi connectivity index (χ3v) is 8.36. The largest absolute Gasteiger partial charge is 0.490 e. The number of amides is 2. The number of rotatable bonds is 7. The first-order valence-corrected chi connectivity index (χ1v) is 12.6. The highest BCUT2D eigenvalue weighted by Gasteiger charge is 2.59. The topological polar surface area (TPSA) is 68.2 Å². The molecule has 2 aromatic carbocycles. The van der Waals surface area contributed by atoms with E-state index < -0.39 is 0 Å². The summed E-state index contributed by atoms with van der Waals surface area (Å²) in [4.78, 5) is 25.8. The molecule has 2 bridgehead atoms. The van der Waals surface area contributed by atoms with Crippen molar-refractivity contribution in [2.75, 3.05) is 6.61 Å². The fourth-order valence-electron chi connectivity index (χ4n) is 4.98. The van der Waals surface area contributed by atoms with Crippen LogP contribution in [0.25, 0.3) is 0 Å². The van der Waals surface area contributed by atoms with Crippen molar-refractivity contribution >= 4 is 57.2 Å². The lowest BCUT2D eigenvalue weighted by Gasteiger charge is -2.17. The van der Waals surface area contributed by atoms with Crippen LogP contribution in [0.5, 0.6) is 11.5 Å². The molecule has 1 aliphatic heterocycles. The molecule has 2 amide bonds. The number of hydrogen-bond donors (Lipinski definition) is 0. The van der Waals surface area contributed by atoms with Crippen LogP contribution in [0.3, 0.4) is 0 Å². The summed E-state index contributed by atoms with van der Waals surface area (Å²) in [6.07, 6.45) is 6.42. The van der Waals surface area contributed by atoms with E-state index in [1.165, 1.54) is 6.21 Å². The Morgan fingerprint density at radius 1 is 1.12 bits per heavy atom. The first-order valence-electron chi connectivity index (χ1n) is 11.0. The van der Waals surface area contributed by atoms with Crippen LogP contribution in [0.2, 0.25) is 10.0 Å². The quantitative estimate of drug-likeness (QED) is 0.240. The zero-order valence-corrected chi connectivity index (χ0v) is 21.3. The van der Waals surface area contributed by atoms with Gasteiger partial charge in [-0.25, -0.2) is 0 Å². The van der Waals surface area contributed by atoms with Gasteiger partial charge in [-0.3, -0.25) is 9.59 Å². The average molecular weight is 564 g/mol. The van der Waals surface area contributed by atoms with Gasteiger partial charge in [0.15, 0.2) is 11.5 Å². The Hall–Kier alpha value is -2.35. The summed E-state index contributed by atoms with van der Waals surface area (Å²) in [5, 5.41) is 6.14. The van der Waals surface area contributed by atoms with E-state index in [2.05, 4.69) is 33.2 Å². The molecule has 0 aromatic heterocycles. The van der Waals surface area contributed by atoms with Gasteiger partial charge in [0.25, 0.3) is 11.8 Å². The number of fused-ring (bicyclic) bond motifs is 5. The Kier molecular flexibility index (Phi) is 6.44. The average Bonchev–Trinajstić information content (AvgIpc) is 3.50. The summed E-state index contributed by atoms with van der Waals surface area (Å²) in [6.45, 7) is 2.44. The second-order valence-corrected chi connectivity index (χ2v) is 10.0. The monoisotopic (exact) mass is 562 g/mol. The molecule has 6 nitrogen and oxygen atoms in total. The van der Waals surface area contributed by atoms with Gasteiger partial charge in [0.1, 0.15) is 11.6 Å². The van der Waals surface area contributed by atoms with Gasteiger partial charge < -0.3 is 9.47 Å². The van der Waals surface area contributed by atoms with Gasteiger partial charge in [-0.2, -0.15) is 10.1 Å². The van der Waals surface area contributed by atoms with Gasteiger partial charge in [0.05, 0.1) is 24.7 Å². The molecule has 34 heavy (non-hydrogen) atoms. The summed E-state index contributed by atoms with van der Waals surface area (Å²) in [7, 11) is 0. The molecule has 1 saturated carbocycles. The van der Waals surface area contributed by atoms with Crippen molar-refractivity contribution < 1.29 is 19.1 Å². The van der Waals surface area contributed by atoms with Crippen LogP contribution in [0, 0.1) is 23.7 Å². The fourth-order valence-corrected chi connectivity index (χ4v) is 5.83. The van der Waals surface area contributed by atoms with Crippen molar-refractivity contribution in [1.29, 1.82) is 0 Å². The number of hydrogen-bond acceptors (Lipinski definition) is 5. The summed E-state index contributed by atoms with van der Waals surface area (Å²) in [5.74, 6) is -0.0400. The molecule has 0 unspecified atom stereocenters. The summed E-state index contributed by atoms with van der Waals surface area (Å²) < 4.78 is 12.2. The van der Waals surface area contributed by atoms with Crippen LogP contribution < -0.4 is 9.47 Å². The molecule has 4 atom stereocenters. The van der Waals surface area contributed by atoms with Crippen LogP contribution in [0.1, 0.15) is 24.5 Å². The number of halogens is 3. The van der Waals surface area contributed by atoms with E-state index in [1.54, 1.807) is 12.1 Å². The number of ether oxygens (including phenoxy) is 2. The van der Waals surface area contributed by atoms with Crippen LogP contribution in [0.4, 0.5) is 0 Å². The minimum absolute atomic E-state index is 0.131. The van der Waals surface area contributed by atoms with Crippen LogP contribution >= 0.6 is 39.1 Å². The van der Waals surface area contributed by atoms with Gasteiger partial charge in [0, 0.05) is 20.6 Å². The predicted molar refractivity (Wildman–Crippen MR) is 133 cm³/mol. The van der Waals surface area contributed by atoms with Gasteiger partial charge in [-0.15, -0.1) is 0 Å². The Labute approximate surface area is 215 Å². The molecule has 5 rings (SSSR count).